The summed E-state index contributed by atoms with van der Waals surface area (Å²) < 4.78 is 5.54. The number of hydrogen-bond donors (Lipinski definition) is 1. The maximum absolute atomic E-state index is 6.57. The van der Waals surface area contributed by atoms with E-state index in [1.54, 1.807) is 6.26 Å². The largest absolute Gasteiger partial charge is 0.469 e. The highest BCUT2D eigenvalue weighted by atomic mass is 16.3. The van der Waals surface area contributed by atoms with E-state index in [1.807, 2.05) is 6.07 Å². The third kappa shape index (κ3) is 2.18. The van der Waals surface area contributed by atoms with Gasteiger partial charge in [0.05, 0.1) is 12.3 Å². The van der Waals surface area contributed by atoms with Crippen LogP contribution in [0.4, 0.5) is 0 Å². The van der Waals surface area contributed by atoms with Gasteiger partial charge in [0.25, 0.3) is 0 Å². The summed E-state index contributed by atoms with van der Waals surface area (Å²) in [4.78, 5) is 0. The first kappa shape index (κ1) is 14.9. The smallest absolute Gasteiger partial charge is 0.108 e. The number of furan rings is 1. The third-order valence-corrected chi connectivity index (χ3v) is 4.81. The van der Waals surface area contributed by atoms with E-state index in [0.717, 1.165) is 17.7 Å². The van der Waals surface area contributed by atoms with Crippen LogP contribution in [0.1, 0.15) is 57.7 Å². The van der Waals surface area contributed by atoms with Crippen LogP contribution in [0.5, 0.6) is 0 Å². The summed E-state index contributed by atoms with van der Waals surface area (Å²) in [5.41, 5.74) is 15.6. The van der Waals surface area contributed by atoms with Crippen molar-refractivity contribution in [2.24, 2.45) is 5.73 Å². The molecular weight excluding hydrogens is 246 g/mol. The van der Waals surface area contributed by atoms with Gasteiger partial charge >= 0.3 is 0 Å². The van der Waals surface area contributed by atoms with Crippen LogP contribution in [0, 0.1) is 34.6 Å². The molecule has 2 heteroatoms. The van der Waals surface area contributed by atoms with E-state index in [9.17, 15) is 0 Å². The molecule has 2 rings (SSSR count). The summed E-state index contributed by atoms with van der Waals surface area (Å²) in [6.45, 7) is 13.0. The molecule has 1 aromatic carbocycles. The van der Waals surface area contributed by atoms with Crippen molar-refractivity contribution in [2.45, 2.75) is 54.0 Å². The fourth-order valence-electron chi connectivity index (χ4n) is 3.07. The molecule has 20 heavy (non-hydrogen) atoms. The van der Waals surface area contributed by atoms with E-state index in [1.165, 1.54) is 33.4 Å². The lowest BCUT2D eigenvalue weighted by atomic mass is 9.84. The Morgan fingerprint density at radius 2 is 1.45 bits per heavy atom. The predicted octanol–water partition coefficient (Wildman–Crippen LogP) is 4.43. The minimum atomic E-state index is -0.110. The first-order valence-electron chi connectivity index (χ1n) is 7.28. The SMILES string of the molecule is CCc1occc1C(N)c1c(C)c(C)c(C)c(C)c1C. The second-order valence-electron chi connectivity index (χ2n) is 5.67. The zero-order valence-corrected chi connectivity index (χ0v) is 13.4. The summed E-state index contributed by atoms with van der Waals surface area (Å²) in [5, 5.41) is 0. The fourth-order valence-corrected chi connectivity index (χ4v) is 3.07. The molecule has 1 unspecified atom stereocenters. The van der Waals surface area contributed by atoms with Gasteiger partial charge in [-0.2, -0.15) is 0 Å². The zero-order chi connectivity index (χ0) is 15.0. The molecule has 0 bridgehead atoms. The topological polar surface area (TPSA) is 39.2 Å². The Balaban J connectivity index is 2.64. The average Bonchev–Trinajstić information content (AvgIpc) is 2.91. The maximum atomic E-state index is 6.57. The van der Waals surface area contributed by atoms with Gasteiger partial charge in [0.2, 0.25) is 0 Å². The molecule has 0 saturated carbocycles. The molecule has 0 fully saturated rings. The summed E-state index contributed by atoms with van der Waals surface area (Å²) >= 11 is 0. The number of rotatable bonds is 3. The van der Waals surface area contributed by atoms with Crippen molar-refractivity contribution in [3.63, 3.8) is 0 Å². The fraction of sp³-hybridized carbons (Fsp3) is 0.444. The molecule has 2 aromatic rings. The van der Waals surface area contributed by atoms with E-state index < -0.39 is 0 Å². The standard InChI is InChI=1S/C18H25NO/c1-7-16-15(8-9-20-16)18(19)17-13(5)11(3)10(2)12(4)14(17)6/h8-9,18H,7,19H2,1-6H3. The van der Waals surface area contributed by atoms with Crippen LogP contribution in [-0.4, -0.2) is 0 Å². The Bertz CT molecular complexity index is 608. The number of hydrogen-bond acceptors (Lipinski definition) is 2. The summed E-state index contributed by atoms with van der Waals surface area (Å²) in [6, 6.07) is 1.90. The van der Waals surface area contributed by atoms with E-state index in [4.69, 9.17) is 10.2 Å². The molecular formula is C18H25NO. The zero-order valence-electron chi connectivity index (χ0n) is 13.4. The van der Waals surface area contributed by atoms with Crippen LogP contribution < -0.4 is 5.73 Å². The normalized spacial score (nSPS) is 12.8. The van der Waals surface area contributed by atoms with Gasteiger partial charge in [-0.1, -0.05) is 6.92 Å². The van der Waals surface area contributed by atoms with Crippen molar-refractivity contribution in [3.8, 4) is 0 Å². The van der Waals surface area contributed by atoms with Gasteiger partial charge < -0.3 is 10.2 Å². The van der Waals surface area contributed by atoms with Gasteiger partial charge in [-0.25, -0.2) is 0 Å². The number of nitrogens with two attached hydrogens (primary N) is 1. The predicted molar refractivity (Wildman–Crippen MR) is 84.2 cm³/mol. The monoisotopic (exact) mass is 271 g/mol. The summed E-state index contributed by atoms with van der Waals surface area (Å²) in [5.74, 6) is 0.993. The lowest BCUT2D eigenvalue weighted by molar-refractivity contribution is 0.509. The van der Waals surface area contributed by atoms with Gasteiger partial charge in [0.1, 0.15) is 5.76 Å². The van der Waals surface area contributed by atoms with Crippen molar-refractivity contribution < 1.29 is 4.42 Å². The van der Waals surface area contributed by atoms with Crippen LogP contribution in [0.3, 0.4) is 0 Å². The molecule has 108 valence electrons. The first-order valence-corrected chi connectivity index (χ1v) is 7.28. The van der Waals surface area contributed by atoms with Crippen LogP contribution in [0.2, 0.25) is 0 Å². The highest BCUT2D eigenvalue weighted by molar-refractivity contribution is 5.53. The molecule has 0 aliphatic carbocycles. The first-order chi connectivity index (χ1) is 9.40. The lowest BCUT2D eigenvalue weighted by Gasteiger charge is -2.23. The Hall–Kier alpha value is -1.54. The number of benzene rings is 1. The number of aryl methyl sites for hydroxylation is 1. The van der Waals surface area contributed by atoms with Crippen LogP contribution in [0.15, 0.2) is 16.7 Å². The van der Waals surface area contributed by atoms with E-state index in [0.29, 0.717) is 0 Å². The molecule has 2 nitrogen and oxygen atoms in total. The van der Waals surface area contributed by atoms with Crippen molar-refractivity contribution in [2.75, 3.05) is 0 Å². The molecule has 0 radical (unpaired) electrons. The molecule has 1 heterocycles. The molecule has 0 amide bonds. The highest BCUT2D eigenvalue weighted by Crippen LogP contribution is 2.33. The molecule has 0 spiro atoms. The van der Waals surface area contributed by atoms with Crippen LogP contribution in [0.25, 0.3) is 0 Å². The van der Waals surface area contributed by atoms with Crippen molar-refractivity contribution >= 4 is 0 Å². The second kappa shape index (κ2) is 5.45. The van der Waals surface area contributed by atoms with E-state index in [-0.39, 0.29) is 6.04 Å². The lowest BCUT2D eigenvalue weighted by Crippen LogP contribution is -2.17. The average molecular weight is 271 g/mol. The minimum Gasteiger partial charge on any atom is -0.469 e. The molecule has 1 aromatic heterocycles. The molecule has 2 N–H and O–H groups in total. The molecule has 0 aliphatic heterocycles. The van der Waals surface area contributed by atoms with Gasteiger partial charge in [0, 0.05) is 12.0 Å². The quantitative estimate of drug-likeness (QED) is 0.896. The van der Waals surface area contributed by atoms with Gasteiger partial charge in [-0.3, -0.25) is 0 Å². The Kier molecular flexibility index (Phi) is 4.05. The second-order valence-corrected chi connectivity index (χ2v) is 5.67. The Morgan fingerprint density at radius 1 is 0.950 bits per heavy atom. The van der Waals surface area contributed by atoms with Gasteiger partial charge in [0.15, 0.2) is 0 Å². The minimum absolute atomic E-state index is 0.110. The highest BCUT2D eigenvalue weighted by Gasteiger charge is 2.21. The van der Waals surface area contributed by atoms with E-state index in [2.05, 4.69) is 41.5 Å². The van der Waals surface area contributed by atoms with Crippen LogP contribution >= 0.6 is 0 Å². The third-order valence-electron chi connectivity index (χ3n) is 4.81. The molecule has 0 aliphatic rings. The van der Waals surface area contributed by atoms with Gasteiger partial charge in [-0.05, 0) is 74.1 Å². The Labute approximate surface area is 122 Å². The summed E-state index contributed by atoms with van der Waals surface area (Å²) in [7, 11) is 0. The summed E-state index contributed by atoms with van der Waals surface area (Å²) in [6.07, 6.45) is 2.62. The molecule has 0 saturated heterocycles. The van der Waals surface area contributed by atoms with Crippen molar-refractivity contribution in [1.29, 1.82) is 0 Å². The van der Waals surface area contributed by atoms with E-state index >= 15 is 0 Å². The van der Waals surface area contributed by atoms with Gasteiger partial charge in [-0.15, -0.1) is 0 Å². The Morgan fingerprint density at radius 3 is 1.95 bits per heavy atom. The molecule has 1 atom stereocenters. The van der Waals surface area contributed by atoms with Crippen molar-refractivity contribution in [3.05, 3.63) is 57.0 Å². The van der Waals surface area contributed by atoms with Crippen molar-refractivity contribution in [1.82, 2.24) is 0 Å². The van der Waals surface area contributed by atoms with Crippen LogP contribution in [-0.2, 0) is 6.42 Å². The maximum Gasteiger partial charge on any atom is 0.108 e.